The van der Waals surface area contributed by atoms with Gasteiger partial charge in [0, 0.05) is 18.2 Å². The number of carbonyl (C=O) groups excluding carboxylic acids is 1. The van der Waals surface area contributed by atoms with Crippen LogP contribution in [0.1, 0.15) is 29.9 Å². The molecule has 0 amide bonds. The summed E-state index contributed by atoms with van der Waals surface area (Å²) in [6.07, 6.45) is 1.72. The number of rotatable bonds is 6. The first kappa shape index (κ1) is 15.8. The number of hydrogen-bond acceptors (Lipinski definition) is 5. The summed E-state index contributed by atoms with van der Waals surface area (Å²) in [7, 11) is 0. The third-order valence-corrected chi connectivity index (χ3v) is 3.24. The molecule has 6 nitrogen and oxygen atoms in total. The molecule has 0 unspecified atom stereocenters. The zero-order valence-corrected chi connectivity index (χ0v) is 12.3. The van der Waals surface area contributed by atoms with Crippen molar-refractivity contribution in [2.24, 2.45) is 0 Å². The molecule has 1 heterocycles. The van der Waals surface area contributed by atoms with E-state index < -0.39 is 0 Å². The van der Waals surface area contributed by atoms with Gasteiger partial charge in [-0.25, -0.2) is 4.98 Å². The van der Waals surface area contributed by atoms with Crippen LogP contribution in [0.3, 0.4) is 0 Å². The Morgan fingerprint density at radius 3 is 2.68 bits per heavy atom. The number of hydrogen-bond donors (Lipinski definition) is 3. The molecule has 0 radical (unpaired) electrons. The predicted molar refractivity (Wildman–Crippen MR) is 81.0 cm³/mol. The number of phenols is 2. The highest BCUT2D eigenvalue weighted by molar-refractivity contribution is 5.80. The first-order valence-corrected chi connectivity index (χ1v) is 7.03. The number of nitrogens with zero attached hydrogens (tertiary/aromatic N) is 1. The molecule has 3 N–H and O–H groups in total. The van der Waals surface area contributed by atoms with Crippen LogP contribution in [-0.2, 0) is 17.6 Å². The molecule has 0 aliphatic carbocycles. The number of phenolic OH excluding ortho intramolecular Hbond substituents is 2. The maximum absolute atomic E-state index is 11.9. The lowest BCUT2D eigenvalue weighted by Gasteiger charge is -2.04. The summed E-state index contributed by atoms with van der Waals surface area (Å²) in [5, 5.41) is 18.6. The third kappa shape index (κ3) is 4.44. The number of aromatic amines is 1. The van der Waals surface area contributed by atoms with Gasteiger partial charge in [0.15, 0.2) is 11.5 Å². The number of aryl methyl sites for hydroxylation is 2. The fourth-order valence-electron chi connectivity index (χ4n) is 2.21. The topological polar surface area (TPSA) is 103 Å². The maximum atomic E-state index is 11.9. The largest absolute Gasteiger partial charge is 0.504 e. The molecule has 0 fully saturated rings. The van der Waals surface area contributed by atoms with Gasteiger partial charge >= 0.3 is 0 Å². The number of aromatic hydroxyl groups is 2. The van der Waals surface area contributed by atoms with Crippen molar-refractivity contribution in [2.75, 3.05) is 0 Å². The Labute approximate surface area is 127 Å². The van der Waals surface area contributed by atoms with Crippen LogP contribution in [0.5, 0.6) is 11.5 Å². The lowest BCUT2D eigenvalue weighted by Crippen LogP contribution is -2.14. The minimum Gasteiger partial charge on any atom is -0.504 e. The summed E-state index contributed by atoms with van der Waals surface area (Å²) in [6, 6.07) is 6.00. The Morgan fingerprint density at radius 1 is 1.23 bits per heavy atom. The molecule has 0 aliphatic rings. The number of carbonyl (C=O) groups is 1. The molecule has 1 aromatic carbocycles. The molecule has 1 aromatic heterocycles. The van der Waals surface area contributed by atoms with E-state index in [1.807, 2.05) is 0 Å². The number of nitrogens with one attached hydrogen (secondary N) is 1. The van der Waals surface area contributed by atoms with E-state index in [0.29, 0.717) is 30.8 Å². The van der Waals surface area contributed by atoms with Crippen LogP contribution in [0.4, 0.5) is 0 Å². The molecule has 2 rings (SSSR count). The fourth-order valence-corrected chi connectivity index (χ4v) is 2.21. The summed E-state index contributed by atoms with van der Waals surface area (Å²) >= 11 is 0. The zero-order chi connectivity index (χ0) is 16.1. The van der Waals surface area contributed by atoms with Gasteiger partial charge in [0.25, 0.3) is 5.56 Å². The van der Waals surface area contributed by atoms with Gasteiger partial charge in [0.05, 0.1) is 6.42 Å². The van der Waals surface area contributed by atoms with E-state index >= 15 is 0 Å². The average Bonchev–Trinajstić information content (AvgIpc) is 2.41. The van der Waals surface area contributed by atoms with Crippen LogP contribution in [0, 0.1) is 6.92 Å². The Bertz CT molecular complexity index is 737. The molecule has 0 aliphatic heterocycles. The Balaban J connectivity index is 1.85. The lowest BCUT2D eigenvalue weighted by molar-refractivity contribution is -0.118. The highest BCUT2D eigenvalue weighted by Crippen LogP contribution is 2.25. The molecule has 0 spiro atoms. The van der Waals surface area contributed by atoms with Gasteiger partial charge in [-0.3, -0.25) is 9.59 Å². The van der Waals surface area contributed by atoms with Crippen molar-refractivity contribution < 1.29 is 15.0 Å². The number of ketones is 1. The number of benzene rings is 1. The average molecular weight is 302 g/mol. The van der Waals surface area contributed by atoms with Gasteiger partial charge in [-0.15, -0.1) is 0 Å². The SMILES string of the molecule is Cc1cc(=O)[nH]c(CC(=O)CCCc2ccc(O)c(O)c2)n1. The van der Waals surface area contributed by atoms with Crippen molar-refractivity contribution in [3.8, 4) is 11.5 Å². The van der Waals surface area contributed by atoms with Crippen LogP contribution >= 0.6 is 0 Å². The van der Waals surface area contributed by atoms with Gasteiger partial charge < -0.3 is 15.2 Å². The van der Waals surface area contributed by atoms with E-state index in [1.54, 1.807) is 13.0 Å². The van der Waals surface area contributed by atoms with Crippen molar-refractivity contribution in [1.29, 1.82) is 0 Å². The van der Waals surface area contributed by atoms with Crippen molar-refractivity contribution in [3.63, 3.8) is 0 Å². The van der Waals surface area contributed by atoms with Crippen LogP contribution in [-0.4, -0.2) is 26.0 Å². The molecular formula is C16H18N2O4. The first-order chi connectivity index (χ1) is 10.4. The molecule has 2 aromatic rings. The summed E-state index contributed by atoms with van der Waals surface area (Å²) in [6.45, 7) is 1.71. The minimum atomic E-state index is -0.255. The Morgan fingerprint density at radius 2 is 2.00 bits per heavy atom. The Kier molecular flexibility index (Phi) is 4.93. The molecule has 0 saturated heterocycles. The van der Waals surface area contributed by atoms with Crippen molar-refractivity contribution in [2.45, 2.75) is 32.6 Å². The van der Waals surface area contributed by atoms with Crippen LogP contribution < -0.4 is 5.56 Å². The summed E-state index contributed by atoms with van der Waals surface area (Å²) < 4.78 is 0. The smallest absolute Gasteiger partial charge is 0.251 e. The molecule has 6 heteroatoms. The predicted octanol–water partition coefficient (Wildman–Crippen LogP) is 1.62. The molecular weight excluding hydrogens is 284 g/mol. The number of aromatic nitrogens is 2. The van der Waals surface area contributed by atoms with Gasteiger partial charge in [-0.05, 0) is 37.5 Å². The summed E-state index contributed by atoms with van der Waals surface area (Å²) in [5.41, 5.74) is 1.19. The van der Waals surface area contributed by atoms with Crippen LogP contribution in [0.15, 0.2) is 29.1 Å². The third-order valence-electron chi connectivity index (χ3n) is 3.24. The molecule has 0 atom stereocenters. The lowest BCUT2D eigenvalue weighted by atomic mass is 10.0. The highest BCUT2D eigenvalue weighted by atomic mass is 16.3. The quantitative estimate of drug-likeness (QED) is 0.704. The van der Waals surface area contributed by atoms with Crippen LogP contribution in [0.25, 0.3) is 0 Å². The number of H-pyrrole nitrogens is 1. The zero-order valence-electron chi connectivity index (χ0n) is 12.3. The second-order valence-corrected chi connectivity index (χ2v) is 5.23. The van der Waals surface area contributed by atoms with Gasteiger partial charge in [0.1, 0.15) is 11.6 Å². The van der Waals surface area contributed by atoms with E-state index in [0.717, 1.165) is 5.56 Å². The van der Waals surface area contributed by atoms with E-state index in [2.05, 4.69) is 9.97 Å². The van der Waals surface area contributed by atoms with Crippen molar-refractivity contribution in [1.82, 2.24) is 9.97 Å². The van der Waals surface area contributed by atoms with E-state index in [-0.39, 0.29) is 29.3 Å². The van der Waals surface area contributed by atoms with Gasteiger partial charge in [-0.2, -0.15) is 0 Å². The summed E-state index contributed by atoms with van der Waals surface area (Å²) in [5.74, 6) is 0.0636. The highest BCUT2D eigenvalue weighted by Gasteiger charge is 2.07. The Hall–Kier alpha value is -2.63. The molecule has 22 heavy (non-hydrogen) atoms. The molecule has 116 valence electrons. The van der Waals surface area contributed by atoms with E-state index in [4.69, 9.17) is 0 Å². The minimum absolute atomic E-state index is 0.00301. The van der Waals surface area contributed by atoms with Crippen molar-refractivity contribution in [3.05, 3.63) is 51.7 Å². The maximum Gasteiger partial charge on any atom is 0.251 e. The fraction of sp³-hybridized carbons (Fsp3) is 0.312. The monoisotopic (exact) mass is 302 g/mol. The number of Topliss-reactive ketones (excluding diaryl/α,β-unsaturated/α-hetero) is 1. The summed E-state index contributed by atoms with van der Waals surface area (Å²) in [4.78, 5) is 29.9. The van der Waals surface area contributed by atoms with Gasteiger partial charge in [0.2, 0.25) is 0 Å². The van der Waals surface area contributed by atoms with Crippen molar-refractivity contribution >= 4 is 5.78 Å². The standard InChI is InChI=1S/C16H18N2O4/c1-10-7-16(22)18-15(17-10)9-12(19)4-2-3-11-5-6-13(20)14(21)8-11/h5-8,20-21H,2-4,9H2,1H3,(H,17,18,22). The molecule has 0 saturated carbocycles. The van der Waals surface area contributed by atoms with E-state index in [1.165, 1.54) is 18.2 Å². The molecule has 0 bridgehead atoms. The normalized spacial score (nSPS) is 10.6. The second-order valence-electron chi connectivity index (χ2n) is 5.23. The van der Waals surface area contributed by atoms with E-state index in [9.17, 15) is 19.8 Å². The second kappa shape index (κ2) is 6.89. The van der Waals surface area contributed by atoms with Crippen LogP contribution in [0.2, 0.25) is 0 Å². The first-order valence-electron chi connectivity index (χ1n) is 7.03. The van der Waals surface area contributed by atoms with Gasteiger partial charge in [-0.1, -0.05) is 6.07 Å².